The second-order valence-corrected chi connectivity index (χ2v) is 3.41. The van der Waals surface area contributed by atoms with E-state index >= 15 is 0 Å². The molecule has 0 atom stereocenters. The van der Waals surface area contributed by atoms with E-state index in [4.69, 9.17) is 11.5 Å². The fraction of sp³-hybridized carbons (Fsp3) is 0.571. The van der Waals surface area contributed by atoms with Gasteiger partial charge in [-0.1, -0.05) is 15.9 Å². The molecule has 0 spiro atoms. The molecule has 0 fully saturated rings. The fourth-order valence-corrected chi connectivity index (χ4v) is 1.19. The summed E-state index contributed by atoms with van der Waals surface area (Å²) in [7, 11) is 0. The van der Waals surface area contributed by atoms with Gasteiger partial charge in [-0.2, -0.15) is 0 Å². The Morgan fingerprint density at radius 1 is 1.07 bits per heavy atom. The highest BCUT2D eigenvalue weighted by Gasteiger charge is 2.16. The minimum absolute atomic E-state index is 0.195. The van der Waals surface area contributed by atoms with Gasteiger partial charge in [0.2, 0.25) is 17.7 Å². The van der Waals surface area contributed by atoms with E-state index in [-0.39, 0.29) is 25.4 Å². The molecule has 0 heterocycles. The highest BCUT2D eigenvalue weighted by atomic mass is 79.9. The van der Waals surface area contributed by atoms with Crippen LogP contribution in [-0.4, -0.2) is 41.0 Å². The lowest BCUT2D eigenvalue weighted by molar-refractivity contribution is -0.137. The summed E-state index contributed by atoms with van der Waals surface area (Å²) in [4.78, 5) is 33.5. The monoisotopic (exact) mass is 265 g/mol. The van der Waals surface area contributed by atoms with E-state index in [0.717, 1.165) is 4.90 Å². The second-order valence-electron chi connectivity index (χ2n) is 2.62. The largest absolute Gasteiger partial charge is 0.368 e. The van der Waals surface area contributed by atoms with Gasteiger partial charge in [-0.25, -0.2) is 0 Å². The molecule has 3 amide bonds. The molecule has 0 bridgehead atoms. The van der Waals surface area contributed by atoms with Crippen molar-refractivity contribution in [1.29, 1.82) is 0 Å². The number of amides is 3. The third kappa shape index (κ3) is 5.52. The molecule has 80 valence electrons. The summed E-state index contributed by atoms with van der Waals surface area (Å²) in [5.41, 5.74) is 9.81. The van der Waals surface area contributed by atoms with Gasteiger partial charge in [0.05, 0.1) is 13.1 Å². The molecule has 0 unspecified atom stereocenters. The molecule has 0 aliphatic carbocycles. The van der Waals surface area contributed by atoms with Crippen molar-refractivity contribution in [3.05, 3.63) is 0 Å². The molecule has 6 nitrogen and oxygen atoms in total. The maximum Gasteiger partial charge on any atom is 0.237 e. The van der Waals surface area contributed by atoms with Gasteiger partial charge in [-0.15, -0.1) is 0 Å². The molecule has 14 heavy (non-hydrogen) atoms. The average molecular weight is 266 g/mol. The predicted octanol–water partition coefficient (Wildman–Crippen LogP) is -1.43. The molecule has 0 aromatic rings. The highest BCUT2D eigenvalue weighted by Crippen LogP contribution is 1.96. The zero-order valence-corrected chi connectivity index (χ0v) is 9.12. The lowest BCUT2D eigenvalue weighted by atomic mass is 10.3. The van der Waals surface area contributed by atoms with Crippen LogP contribution in [0.1, 0.15) is 6.42 Å². The number of carbonyl (C=O) groups excluding carboxylic acids is 3. The molecule has 7 heteroatoms. The van der Waals surface area contributed by atoms with E-state index < -0.39 is 11.8 Å². The number of alkyl halides is 1. The Labute approximate surface area is 89.7 Å². The number of hydrogen-bond acceptors (Lipinski definition) is 3. The van der Waals surface area contributed by atoms with Crippen molar-refractivity contribution in [3.63, 3.8) is 0 Å². The van der Waals surface area contributed by atoms with E-state index in [1.54, 1.807) is 0 Å². The van der Waals surface area contributed by atoms with E-state index in [2.05, 4.69) is 15.9 Å². The fourth-order valence-electron chi connectivity index (χ4n) is 0.847. The quantitative estimate of drug-likeness (QED) is 0.575. The lowest BCUT2D eigenvalue weighted by Gasteiger charge is -2.18. The van der Waals surface area contributed by atoms with Gasteiger partial charge < -0.3 is 16.4 Å². The Bertz CT molecular complexity index is 228. The number of hydrogen-bond donors (Lipinski definition) is 2. The predicted molar refractivity (Wildman–Crippen MR) is 53.4 cm³/mol. The molecule has 0 rings (SSSR count). The second kappa shape index (κ2) is 6.36. The maximum absolute atomic E-state index is 11.3. The van der Waals surface area contributed by atoms with Crippen molar-refractivity contribution in [2.45, 2.75) is 6.42 Å². The lowest BCUT2D eigenvalue weighted by Crippen LogP contribution is -2.43. The van der Waals surface area contributed by atoms with Gasteiger partial charge in [-0.05, 0) is 0 Å². The molecule has 0 saturated heterocycles. The first-order chi connectivity index (χ1) is 6.47. The molecular weight excluding hydrogens is 254 g/mol. The zero-order valence-electron chi connectivity index (χ0n) is 7.53. The Hall–Kier alpha value is -1.11. The SMILES string of the molecule is NC(=O)CN(CC(N)=O)C(=O)CCBr. The molecule has 0 saturated carbocycles. The van der Waals surface area contributed by atoms with E-state index in [1.165, 1.54) is 0 Å². The Morgan fingerprint density at radius 2 is 1.50 bits per heavy atom. The summed E-state index contributed by atoms with van der Waals surface area (Å²) in [5, 5.41) is 0.458. The van der Waals surface area contributed by atoms with Gasteiger partial charge in [0.25, 0.3) is 0 Å². The third-order valence-corrected chi connectivity index (χ3v) is 1.75. The van der Waals surface area contributed by atoms with Crippen molar-refractivity contribution in [1.82, 2.24) is 4.90 Å². The summed E-state index contributed by atoms with van der Waals surface area (Å²) in [6, 6.07) is 0. The van der Waals surface area contributed by atoms with Crippen molar-refractivity contribution in [3.8, 4) is 0 Å². The maximum atomic E-state index is 11.3. The van der Waals surface area contributed by atoms with Crippen molar-refractivity contribution >= 4 is 33.7 Å². The van der Waals surface area contributed by atoms with Gasteiger partial charge in [0.15, 0.2) is 0 Å². The van der Waals surface area contributed by atoms with Crippen molar-refractivity contribution in [2.75, 3.05) is 18.4 Å². The Balaban J connectivity index is 4.29. The van der Waals surface area contributed by atoms with Crippen LogP contribution in [0.4, 0.5) is 0 Å². The van der Waals surface area contributed by atoms with Crippen LogP contribution in [0.5, 0.6) is 0 Å². The number of halogens is 1. The summed E-state index contributed by atoms with van der Waals surface area (Å²) >= 11 is 3.07. The molecular formula is C7H12BrN3O3. The van der Waals surface area contributed by atoms with E-state index in [0.29, 0.717) is 5.33 Å². The van der Waals surface area contributed by atoms with Gasteiger partial charge in [-0.3, -0.25) is 14.4 Å². The first-order valence-electron chi connectivity index (χ1n) is 3.87. The van der Waals surface area contributed by atoms with Crippen LogP contribution in [0.25, 0.3) is 0 Å². The third-order valence-electron chi connectivity index (χ3n) is 1.35. The Kier molecular flexibility index (Phi) is 5.86. The average Bonchev–Trinajstić information content (AvgIpc) is 2.01. The van der Waals surface area contributed by atoms with Gasteiger partial charge in [0, 0.05) is 11.8 Å². The van der Waals surface area contributed by atoms with Crippen molar-refractivity contribution in [2.24, 2.45) is 11.5 Å². The molecule has 0 aromatic carbocycles. The number of nitrogens with zero attached hydrogens (tertiary/aromatic N) is 1. The van der Waals surface area contributed by atoms with Crippen molar-refractivity contribution < 1.29 is 14.4 Å². The smallest absolute Gasteiger partial charge is 0.237 e. The molecule has 4 N–H and O–H groups in total. The highest BCUT2D eigenvalue weighted by molar-refractivity contribution is 9.09. The minimum atomic E-state index is -0.672. The van der Waals surface area contributed by atoms with Gasteiger partial charge in [0.1, 0.15) is 0 Å². The van der Waals surface area contributed by atoms with Crippen LogP contribution in [0.2, 0.25) is 0 Å². The number of carbonyl (C=O) groups is 3. The van der Waals surface area contributed by atoms with Crippen LogP contribution < -0.4 is 11.5 Å². The van der Waals surface area contributed by atoms with Gasteiger partial charge >= 0.3 is 0 Å². The summed E-state index contributed by atoms with van der Waals surface area (Å²) in [6.45, 7) is -0.566. The molecule has 0 aliphatic rings. The first kappa shape index (κ1) is 12.9. The summed E-state index contributed by atoms with van der Waals surface area (Å²) in [5.74, 6) is -1.68. The number of nitrogens with two attached hydrogens (primary N) is 2. The van der Waals surface area contributed by atoms with Crippen LogP contribution in [0, 0.1) is 0 Å². The Morgan fingerprint density at radius 3 is 1.79 bits per heavy atom. The van der Waals surface area contributed by atoms with Crippen LogP contribution in [0.15, 0.2) is 0 Å². The van der Waals surface area contributed by atoms with E-state index in [9.17, 15) is 14.4 Å². The minimum Gasteiger partial charge on any atom is -0.368 e. The summed E-state index contributed by atoms with van der Waals surface area (Å²) < 4.78 is 0. The number of primary amides is 2. The summed E-state index contributed by atoms with van der Waals surface area (Å²) in [6.07, 6.45) is 0.195. The van der Waals surface area contributed by atoms with Crippen LogP contribution in [0.3, 0.4) is 0 Å². The van der Waals surface area contributed by atoms with E-state index in [1.807, 2.05) is 0 Å². The number of rotatable bonds is 6. The molecule has 0 aromatic heterocycles. The standard InChI is InChI=1S/C7H12BrN3O3/c8-2-1-7(14)11(3-5(9)12)4-6(10)13/h1-4H2,(H2,9,12)(H2,10,13). The molecule has 0 aliphatic heterocycles. The first-order valence-corrected chi connectivity index (χ1v) is 5.00. The molecule has 0 radical (unpaired) electrons. The van der Waals surface area contributed by atoms with Crippen LogP contribution in [-0.2, 0) is 14.4 Å². The topological polar surface area (TPSA) is 106 Å². The van der Waals surface area contributed by atoms with Crippen LogP contribution >= 0.6 is 15.9 Å². The normalized spacial score (nSPS) is 9.50. The zero-order chi connectivity index (χ0) is 11.1.